The molecule has 0 aliphatic heterocycles. The van der Waals surface area contributed by atoms with Gasteiger partial charge in [0, 0.05) is 16.0 Å². The van der Waals surface area contributed by atoms with E-state index in [1.807, 2.05) is 0 Å². The minimum atomic E-state index is -0.380. The van der Waals surface area contributed by atoms with E-state index in [4.69, 9.17) is 0 Å². The molecule has 0 nitrogen and oxygen atoms in total. The van der Waals surface area contributed by atoms with Gasteiger partial charge in [0.2, 0.25) is 0 Å². The summed E-state index contributed by atoms with van der Waals surface area (Å²) >= 11 is 4.83. The van der Waals surface area contributed by atoms with Crippen LogP contribution < -0.4 is 0 Å². The Hall–Kier alpha value is -0.0900. The Morgan fingerprint density at radius 1 is 1.38 bits per heavy atom. The Labute approximate surface area is 108 Å². The van der Waals surface area contributed by atoms with E-state index in [9.17, 15) is 8.78 Å². The van der Waals surface area contributed by atoms with Gasteiger partial charge in [0.1, 0.15) is 11.6 Å². The van der Waals surface area contributed by atoms with Gasteiger partial charge >= 0.3 is 0 Å². The number of rotatable bonds is 6. The molecule has 0 amide bonds. The second-order valence-electron chi connectivity index (χ2n) is 3.69. The smallest absolute Gasteiger partial charge is 0.136 e. The Kier molecular flexibility index (Phi) is 6.36. The van der Waals surface area contributed by atoms with Crippen molar-refractivity contribution in [2.45, 2.75) is 24.7 Å². The van der Waals surface area contributed by atoms with Gasteiger partial charge in [-0.15, -0.1) is 11.8 Å². The molecule has 1 rings (SSSR count). The molecule has 1 unspecified atom stereocenters. The molecule has 1 aromatic rings. The van der Waals surface area contributed by atoms with Crippen LogP contribution in [0, 0.1) is 17.6 Å². The number of halogens is 3. The zero-order valence-corrected chi connectivity index (χ0v) is 11.6. The molecular weight excluding hydrogens is 294 g/mol. The predicted octanol–water partition coefficient (Wildman–Crippen LogP) is 4.87. The number of hydrogen-bond donors (Lipinski definition) is 0. The Morgan fingerprint density at radius 3 is 2.75 bits per heavy atom. The van der Waals surface area contributed by atoms with Crippen molar-refractivity contribution in [3.63, 3.8) is 0 Å². The molecular formula is C12H15BrF2S. The van der Waals surface area contributed by atoms with E-state index >= 15 is 0 Å². The first-order valence-corrected chi connectivity index (χ1v) is 7.41. The lowest BCUT2D eigenvalue weighted by Gasteiger charge is -2.12. The summed E-state index contributed by atoms with van der Waals surface area (Å²) in [5.74, 6) is 0.614. The Morgan fingerprint density at radius 2 is 2.12 bits per heavy atom. The third-order valence-electron chi connectivity index (χ3n) is 2.28. The molecule has 0 spiro atoms. The number of alkyl halides is 1. The van der Waals surface area contributed by atoms with E-state index in [0.29, 0.717) is 10.8 Å². The highest BCUT2D eigenvalue weighted by molar-refractivity contribution is 9.09. The van der Waals surface area contributed by atoms with E-state index in [1.54, 1.807) is 0 Å². The van der Waals surface area contributed by atoms with Gasteiger partial charge in [-0.05, 0) is 30.5 Å². The molecule has 0 bridgehead atoms. The quantitative estimate of drug-likeness (QED) is 0.534. The monoisotopic (exact) mass is 308 g/mol. The topological polar surface area (TPSA) is 0 Å². The van der Waals surface area contributed by atoms with E-state index in [0.717, 1.165) is 30.0 Å². The van der Waals surface area contributed by atoms with Crippen molar-refractivity contribution in [2.24, 2.45) is 5.92 Å². The molecule has 16 heavy (non-hydrogen) atoms. The molecule has 0 aliphatic carbocycles. The van der Waals surface area contributed by atoms with Crippen LogP contribution in [0.4, 0.5) is 8.78 Å². The molecule has 0 N–H and O–H groups in total. The maximum atomic E-state index is 13.3. The predicted molar refractivity (Wildman–Crippen MR) is 69.3 cm³/mol. The van der Waals surface area contributed by atoms with Gasteiger partial charge < -0.3 is 0 Å². The molecule has 0 heterocycles. The van der Waals surface area contributed by atoms with Crippen molar-refractivity contribution in [3.05, 3.63) is 29.8 Å². The van der Waals surface area contributed by atoms with Gasteiger partial charge in [-0.25, -0.2) is 8.78 Å². The van der Waals surface area contributed by atoms with Crippen molar-refractivity contribution in [1.82, 2.24) is 0 Å². The van der Waals surface area contributed by atoms with Crippen LogP contribution in [0.2, 0.25) is 0 Å². The second kappa shape index (κ2) is 7.28. The van der Waals surface area contributed by atoms with Crippen LogP contribution in [0.5, 0.6) is 0 Å². The molecule has 1 aromatic carbocycles. The first-order chi connectivity index (χ1) is 7.67. The summed E-state index contributed by atoms with van der Waals surface area (Å²) in [6, 6.07) is 3.59. The number of benzene rings is 1. The van der Waals surface area contributed by atoms with E-state index in [2.05, 4.69) is 22.9 Å². The van der Waals surface area contributed by atoms with Crippen molar-refractivity contribution in [2.75, 3.05) is 11.1 Å². The van der Waals surface area contributed by atoms with Crippen molar-refractivity contribution < 1.29 is 8.78 Å². The molecule has 0 fully saturated rings. The lowest BCUT2D eigenvalue weighted by atomic mass is 10.1. The third kappa shape index (κ3) is 4.42. The van der Waals surface area contributed by atoms with Crippen LogP contribution in [0.3, 0.4) is 0 Å². The van der Waals surface area contributed by atoms with Crippen molar-refractivity contribution in [1.29, 1.82) is 0 Å². The highest BCUT2D eigenvalue weighted by atomic mass is 79.9. The molecule has 0 saturated carbocycles. The van der Waals surface area contributed by atoms with Crippen molar-refractivity contribution >= 4 is 27.7 Å². The number of hydrogen-bond acceptors (Lipinski definition) is 1. The van der Waals surface area contributed by atoms with Crippen LogP contribution in [-0.2, 0) is 0 Å². The normalized spacial score (nSPS) is 12.8. The van der Waals surface area contributed by atoms with Crippen LogP contribution in [-0.4, -0.2) is 11.1 Å². The van der Waals surface area contributed by atoms with Gasteiger partial charge in [-0.3, -0.25) is 0 Å². The standard InChI is InChI=1S/C12H15BrF2S/c1-2-3-9(7-13)8-16-12-6-10(14)4-5-11(12)15/h4-6,9H,2-3,7-8H2,1H3. The Bertz CT molecular complexity index is 331. The fourth-order valence-corrected chi connectivity index (χ4v) is 3.37. The molecule has 4 heteroatoms. The van der Waals surface area contributed by atoms with Crippen LogP contribution in [0.25, 0.3) is 0 Å². The third-order valence-corrected chi connectivity index (χ3v) is 4.46. The van der Waals surface area contributed by atoms with Gasteiger partial charge in [0.25, 0.3) is 0 Å². The molecule has 1 atom stereocenters. The zero-order valence-electron chi connectivity index (χ0n) is 9.18. The highest BCUT2D eigenvalue weighted by Gasteiger charge is 2.10. The molecule has 0 saturated heterocycles. The molecule has 0 aliphatic rings. The number of thioether (sulfide) groups is 1. The highest BCUT2D eigenvalue weighted by Crippen LogP contribution is 2.26. The van der Waals surface area contributed by atoms with E-state index < -0.39 is 0 Å². The summed E-state index contributed by atoms with van der Waals surface area (Å²) < 4.78 is 26.2. The molecule has 0 radical (unpaired) electrons. The maximum Gasteiger partial charge on any atom is 0.136 e. The van der Waals surface area contributed by atoms with Crippen LogP contribution in [0.1, 0.15) is 19.8 Å². The molecule has 90 valence electrons. The summed E-state index contributed by atoms with van der Waals surface area (Å²) in [7, 11) is 0. The second-order valence-corrected chi connectivity index (χ2v) is 5.40. The van der Waals surface area contributed by atoms with Crippen LogP contribution >= 0.6 is 27.7 Å². The zero-order chi connectivity index (χ0) is 12.0. The summed E-state index contributed by atoms with van der Waals surface area (Å²) in [6.45, 7) is 2.13. The Balaban J connectivity index is 2.55. The van der Waals surface area contributed by atoms with Gasteiger partial charge in [-0.2, -0.15) is 0 Å². The summed E-state index contributed by atoms with van der Waals surface area (Å²) in [4.78, 5) is 0.405. The van der Waals surface area contributed by atoms with E-state index in [-0.39, 0.29) is 11.6 Å². The fraction of sp³-hybridized carbons (Fsp3) is 0.500. The fourth-order valence-electron chi connectivity index (χ4n) is 1.41. The van der Waals surface area contributed by atoms with Gasteiger partial charge in [-0.1, -0.05) is 29.3 Å². The minimum absolute atomic E-state index is 0.337. The average molecular weight is 309 g/mol. The maximum absolute atomic E-state index is 13.3. The van der Waals surface area contributed by atoms with E-state index in [1.165, 1.54) is 23.9 Å². The largest absolute Gasteiger partial charge is 0.207 e. The van der Waals surface area contributed by atoms with Gasteiger partial charge in [0.15, 0.2) is 0 Å². The minimum Gasteiger partial charge on any atom is -0.207 e. The lowest BCUT2D eigenvalue weighted by Crippen LogP contribution is -2.05. The summed E-state index contributed by atoms with van der Waals surface area (Å²) in [6.07, 6.45) is 2.22. The first kappa shape index (κ1) is 14.0. The molecule has 0 aromatic heterocycles. The lowest BCUT2D eigenvalue weighted by molar-refractivity contribution is 0.574. The van der Waals surface area contributed by atoms with Gasteiger partial charge in [0.05, 0.1) is 0 Å². The van der Waals surface area contributed by atoms with Crippen molar-refractivity contribution in [3.8, 4) is 0 Å². The summed E-state index contributed by atoms with van der Waals surface area (Å²) in [5, 5.41) is 0.908. The summed E-state index contributed by atoms with van der Waals surface area (Å²) in [5.41, 5.74) is 0. The van der Waals surface area contributed by atoms with Crippen LogP contribution in [0.15, 0.2) is 23.1 Å². The SMILES string of the molecule is CCCC(CBr)CSc1cc(F)ccc1F. The first-order valence-electron chi connectivity index (χ1n) is 5.31. The average Bonchev–Trinajstić information content (AvgIpc) is 2.28.